The molecule has 1 heterocycles. The van der Waals surface area contributed by atoms with Gasteiger partial charge in [-0.3, -0.25) is 14.9 Å². The molecule has 0 radical (unpaired) electrons. The van der Waals surface area contributed by atoms with Crippen molar-refractivity contribution in [3.63, 3.8) is 0 Å². The number of amides is 1. The molecule has 0 atom stereocenters. The predicted octanol–water partition coefficient (Wildman–Crippen LogP) is 0.569. The molecule has 1 aliphatic heterocycles. The minimum Gasteiger partial charge on any atom is -0.340 e. The fourth-order valence-electron chi connectivity index (χ4n) is 1.93. The lowest BCUT2D eigenvalue weighted by Gasteiger charge is -2.27. The summed E-state index contributed by atoms with van der Waals surface area (Å²) < 4.78 is 0. The summed E-state index contributed by atoms with van der Waals surface area (Å²) in [5.74, 6) is 0.114. The molecule has 0 aliphatic carbocycles. The maximum atomic E-state index is 11.5. The topological polar surface area (TPSA) is 75.5 Å². The number of carbonyl (C=O) groups is 1. The van der Waals surface area contributed by atoms with E-state index in [1.165, 1.54) is 12.1 Å². The molecule has 0 unspecified atom stereocenters. The Morgan fingerprint density at radius 1 is 1.33 bits per heavy atom. The lowest BCUT2D eigenvalue weighted by molar-refractivity contribution is -0.384. The first-order valence-electron chi connectivity index (χ1n) is 5.88. The van der Waals surface area contributed by atoms with Crippen LogP contribution in [0.3, 0.4) is 0 Å². The quantitative estimate of drug-likeness (QED) is 0.625. The molecule has 2 rings (SSSR count). The molecule has 0 aromatic heterocycles. The van der Waals surface area contributed by atoms with Crippen molar-refractivity contribution in [2.24, 2.45) is 0 Å². The zero-order chi connectivity index (χ0) is 13.0. The molecule has 1 aromatic carbocycles. The minimum atomic E-state index is -0.413. The molecule has 18 heavy (non-hydrogen) atoms. The van der Waals surface area contributed by atoms with Gasteiger partial charge in [0, 0.05) is 31.8 Å². The number of nitrogens with zero attached hydrogens (tertiary/aromatic N) is 2. The van der Waals surface area contributed by atoms with Crippen LogP contribution < -0.4 is 5.32 Å². The summed E-state index contributed by atoms with van der Waals surface area (Å²) in [7, 11) is 0. The van der Waals surface area contributed by atoms with E-state index in [9.17, 15) is 14.9 Å². The highest BCUT2D eigenvalue weighted by atomic mass is 16.6. The van der Waals surface area contributed by atoms with E-state index >= 15 is 0 Å². The molecule has 0 bridgehead atoms. The third-order valence-corrected chi connectivity index (χ3v) is 3.00. The van der Waals surface area contributed by atoms with Gasteiger partial charge in [0.1, 0.15) is 0 Å². The van der Waals surface area contributed by atoms with Crippen LogP contribution in [0.15, 0.2) is 24.3 Å². The van der Waals surface area contributed by atoms with Crippen LogP contribution in [-0.2, 0) is 11.2 Å². The smallest absolute Gasteiger partial charge is 0.269 e. The summed E-state index contributed by atoms with van der Waals surface area (Å²) in [4.78, 5) is 23.4. The fraction of sp³-hybridized carbons (Fsp3) is 0.417. The van der Waals surface area contributed by atoms with E-state index in [1.807, 2.05) is 4.90 Å². The van der Waals surface area contributed by atoms with E-state index in [0.29, 0.717) is 13.1 Å². The Kier molecular flexibility index (Phi) is 3.88. The molecule has 1 amide bonds. The SMILES string of the molecule is O=C1CNCCN1CCc1ccc([N+](=O)[O-])cc1. The second kappa shape index (κ2) is 5.59. The molecule has 1 N–H and O–H groups in total. The molecule has 6 heteroatoms. The highest BCUT2D eigenvalue weighted by Gasteiger charge is 2.16. The summed E-state index contributed by atoms with van der Waals surface area (Å²) in [5, 5.41) is 13.5. The van der Waals surface area contributed by atoms with Gasteiger partial charge in [-0.05, 0) is 12.0 Å². The van der Waals surface area contributed by atoms with Crippen molar-refractivity contribution in [2.45, 2.75) is 6.42 Å². The molecule has 0 saturated carbocycles. The van der Waals surface area contributed by atoms with Crippen molar-refractivity contribution in [1.82, 2.24) is 10.2 Å². The van der Waals surface area contributed by atoms with Crippen LogP contribution in [0, 0.1) is 10.1 Å². The number of nitro benzene ring substituents is 1. The second-order valence-electron chi connectivity index (χ2n) is 4.23. The average molecular weight is 249 g/mol. The van der Waals surface area contributed by atoms with Gasteiger partial charge in [0.05, 0.1) is 11.5 Å². The summed E-state index contributed by atoms with van der Waals surface area (Å²) in [5.41, 5.74) is 1.10. The summed E-state index contributed by atoms with van der Waals surface area (Å²) in [6.07, 6.45) is 0.726. The van der Waals surface area contributed by atoms with E-state index < -0.39 is 4.92 Å². The molecule has 1 fully saturated rings. The highest BCUT2D eigenvalue weighted by molar-refractivity contribution is 5.78. The van der Waals surface area contributed by atoms with E-state index in [4.69, 9.17) is 0 Å². The zero-order valence-electron chi connectivity index (χ0n) is 9.96. The Morgan fingerprint density at radius 2 is 2.06 bits per heavy atom. The van der Waals surface area contributed by atoms with Crippen LogP contribution >= 0.6 is 0 Å². The Bertz CT molecular complexity index is 444. The van der Waals surface area contributed by atoms with Gasteiger partial charge in [0.15, 0.2) is 0 Å². The normalized spacial score (nSPS) is 15.8. The van der Waals surface area contributed by atoms with Crippen LogP contribution in [0.2, 0.25) is 0 Å². The van der Waals surface area contributed by atoms with Crippen molar-refractivity contribution >= 4 is 11.6 Å². The van der Waals surface area contributed by atoms with Gasteiger partial charge in [0.2, 0.25) is 5.91 Å². The number of carbonyl (C=O) groups excluding carboxylic acids is 1. The summed E-state index contributed by atoms with van der Waals surface area (Å²) >= 11 is 0. The average Bonchev–Trinajstić information content (AvgIpc) is 2.38. The maximum Gasteiger partial charge on any atom is 0.269 e. The van der Waals surface area contributed by atoms with Gasteiger partial charge in [-0.25, -0.2) is 0 Å². The summed E-state index contributed by atoms with van der Waals surface area (Å²) in [6, 6.07) is 6.47. The van der Waals surface area contributed by atoms with Gasteiger partial charge in [0.25, 0.3) is 5.69 Å². The third-order valence-electron chi connectivity index (χ3n) is 3.00. The Hall–Kier alpha value is -1.95. The predicted molar refractivity (Wildman–Crippen MR) is 66.3 cm³/mol. The van der Waals surface area contributed by atoms with Crippen molar-refractivity contribution in [3.05, 3.63) is 39.9 Å². The van der Waals surface area contributed by atoms with Crippen molar-refractivity contribution < 1.29 is 9.72 Å². The van der Waals surface area contributed by atoms with Crippen molar-refractivity contribution in [1.29, 1.82) is 0 Å². The lowest BCUT2D eigenvalue weighted by atomic mass is 10.1. The molecule has 0 spiro atoms. The van der Waals surface area contributed by atoms with Gasteiger partial charge < -0.3 is 10.2 Å². The molecule has 1 aliphatic rings. The zero-order valence-corrected chi connectivity index (χ0v) is 9.96. The Labute approximate surface area is 105 Å². The minimum absolute atomic E-state index is 0.0944. The largest absolute Gasteiger partial charge is 0.340 e. The molecular formula is C12H15N3O3. The van der Waals surface area contributed by atoms with Crippen LogP contribution in [0.1, 0.15) is 5.56 Å². The standard InChI is InChI=1S/C12H15N3O3/c16-12-9-13-6-8-14(12)7-5-10-1-3-11(4-2-10)15(17)18/h1-4,13H,5-9H2. The van der Waals surface area contributed by atoms with E-state index in [0.717, 1.165) is 25.1 Å². The monoisotopic (exact) mass is 249 g/mol. The molecular weight excluding hydrogens is 234 g/mol. The number of benzene rings is 1. The van der Waals surface area contributed by atoms with Crippen LogP contribution in [-0.4, -0.2) is 41.9 Å². The second-order valence-corrected chi connectivity index (χ2v) is 4.23. The lowest BCUT2D eigenvalue weighted by Crippen LogP contribution is -2.48. The number of nitrogens with one attached hydrogen (secondary N) is 1. The summed E-state index contributed by atoms with van der Waals surface area (Å²) in [6.45, 7) is 2.62. The molecule has 1 aromatic rings. The van der Waals surface area contributed by atoms with Gasteiger partial charge >= 0.3 is 0 Å². The molecule has 96 valence electrons. The third kappa shape index (κ3) is 3.04. The number of nitro groups is 1. The van der Waals surface area contributed by atoms with Crippen LogP contribution in [0.25, 0.3) is 0 Å². The van der Waals surface area contributed by atoms with Gasteiger partial charge in [-0.2, -0.15) is 0 Å². The van der Waals surface area contributed by atoms with E-state index in [-0.39, 0.29) is 11.6 Å². The Balaban J connectivity index is 1.89. The van der Waals surface area contributed by atoms with Crippen molar-refractivity contribution in [2.75, 3.05) is 26.2 Å². The number of piperazine rings is 1. The first-order valence-corrected chi connectivity index (χ1v) is 5.88. The van der Waals surface area contributed by atoms with Crippen LogP contribution in [0.4, 0.5) is 5.69 Å². The van der Waals surface area contributed by atoms with Crippen LogP contribution in [0.5, 0.6) is 0 Å². The first-order chi connectivity index (χ1) is 8.66. The molecule has 6 nitrogen and oxygen atoms in total. The maximum absolute atomic E-state index is 11.5. The van der Waals surface area contributed by atoms with E-state index in [2.05, 4.69) is 5.32 Å². The van der Waals surface area contributed by atoms with Gasteiger partial charge in [-0.1, -0.05) is 12.1 Å². The first kappa shape index (κ1) is 12.5. The van der Waals surface area contributed by atoms with Gasteiger partial charge in [-0.15, -0.1) is 0 Å². The number of non-ortho nitro benzene ring substituents is 1. The fourth-order valence-corrected chi connectivity index (χ4v) is 1.93. The number of hydrogen-bond acceptors (Lipinski definition) is 4. The van der Waals surface area contributed by atoms with Crippen molar-refractivity contribution in [3.8, 4) is 0 Å². The van der Waals surface area contributed by atoms with E-state index in [1.54, 1.807) is 12.1 Å². The number of hydrogen-bond donors (Lipinski definition) is 1. The number of rotatable bonds is 4. The highest BCUT2D eigenvalue weighted by Crippen LogP contribution is 2.12. The molecule has 1 saturated heterocycles. The Morgan fingerprint density at radius 3 is 2.67 bits per heavy atom.